The summed E-state index contributed by atoms with van der Waals surface area (Å²) in [7, 11) is 3.59. The van der Waals surface area contributed by atoms with Crippen molar-refractivity contribution in [3.63, 3.8) is 0 Å². The fourth-order valence-corrected chi connectivity index (χ4v) is 10.1. The van der Waals surface area contributed by atoms with Crippen molar-refractivity contribution in [3.8, 4) is 11.5 Å². The molecule has 2 fully saturated rings. The first-order valence-corrected chi connectivity index (χ1v) is 22.7. The average molecular weight is 829 g/mol. The van der Waals surface area contributed by atoms with Gasteiger partial charge < -0.3 is 31.3 Å². The monoisotopic (exact) mass is 829 g/mol. The summed E-state index contributed by atoms with van der Waals surface area (Å²) in [6, 6.07) is 25.2. The number of pyridine rings is 1. The molecule has 2 aliphatic rings. The van der Waals surface area contributed by atoms with Crippen molar-refractivity contribution in [1.29, 1.82) is 0 Å². The molecule has 0 amide bonds. The van der Waals surface area contributed by atoms with E-state index in [1.807, 2.05) is 12.1 Å². The van der Waals surface area contributed by atoms with E-state index in [0.29, 0.717) is 42.3 Å². The van der Waals surface area contributed by atoms with Gasteiger partial charge >= 0.3 is 0 Å². The van der Waals surface area contributed by atoms with Gasteiger partial charge in [0, 0.05) is 25.3 Å². The fourth-order valence-electron chi connectivity index (χ4n) is 10.1. The normalized spacial score (nSPS) is 19.4. The minimum absolute atomic E-state index is 0.00579. The number of nitrogens with two attached hydrogens (primary N) is 1. The number of carbonyl (C=O) groups excluding carboxylic acids is 2. The van der Waals surface area contributed by atoms with Crippen LogP contribution in [0.5, 0.6) is 11.5 Å². The Morgan fingerprint density at radius 3 is 2.44 bits per heavy atom. The van der Waals surface area contributed by atoms with Crippen LogP contribution in [-0.4, -0.2) is 66.7 Å². The zero-order valence-electron chi connectivity index (χ0n) is 36.4. The molecule has 0 radical (unpaired) electrons. The van der Waals surface area contributed by atoms with Crippen LogP contribution in [0.25, 0.3) is 6.08 Å². The number of hydrogen-bond acceptors (Lipinski definition) is 9. The number of aryl methyl sites for hydroxylation is 4. The smallest absolute Gasteiger partial charge is 0.163 e. The zero-order valence-corrected chi connectivity index (χ0v) is 36.4. The topological polar surface area (TPSA) is 147 Å². The molecule has 4 aromatic rings. The molecule has 1 aliphatic heterocycles. The summed E-state index contributed by atoms with van der Waals surface area (Å²) >= 11 is 0. The van der Waals surface area contributed by atoms with Crippen LogP contribution in [0.1, 0.15) is 103 Å². The first-order chi connectivity index (χ1) is 29.7. The highest BCUT2D eigenvalue weighted by Crippen LogP contribution is 2.43. The Bertz CT molecular complexity index is 2050. The number of nitrogen functional groups attached to an aromatic ring is 1. The highest BCUT2D eigenvalue weighted by molar-refractivity contribution is 6.06. The number of hydrogen-bond donors (Lipinski definition) is 5. The van der Waals surface area contributed by atoms with Gasteiger partial charge in [0.1, 0.15) is 11.6 Å². The highest BCUT2D eigenvalue weighted by Gasteiger charge is 2.40. The molecule has 0 bridgehead atoms. The number of carbonyl (C=O) groups is 2. The van der Waals surface area contributed by atoms with Gasteiger partial charge in [-0.15, -0.1) is 0 Å². The Labute approximate surface area is 363 Å². The molecule has 61 heavy (non-hydrogen) atoms. The number of allylic oxidation sites excluding steroid dienone is 1. The molecule has 5 atom stereocenters. The zero-order chi connectivity index (χ0) is 43.0. The number of anilines is 1. The minimum Gasteiger partial charge on any atom is -0.504 e. The molecule has 2 heterocycles. The summed E-state index contributed by atoms with van der Waals surface area (Å²) < 4.78 is 5.44. The summed E-state index contributed by atoms with van der Waals surface area (Å²) in [4.78, 5) is 30.8. The van der Waals surface area contributed by atoms with Crippen LogP contribution in [0.3, 0.4) is 0 Å². The second-order valence-electron chi connectivity index (χ2n) is 17.5. The highest BCUT2D eigenvalue weighted by atomic mass is 16.5. The number of methoxy groups -OCH3 is 1. The number of phenolic OH excluding ortho intramolecular Hbond substituents is 1. The molecule has 6 N–H and O–H groups in total. The lowest BCUT2D eigenvalue weighted by molar-refractivity contribution is -0.124. The van der Waals surface area contributed by atoms with Gasteiger partial charge in [0.15, 0.2) is 17.3 Å². The van der Waals surface area contributed by atoms with Gasteiger partial charge in [-0.1, -0.05) is 67.1 Å². The van der Waals surface area contributed by atoms with Crippen LogP contribution < -0.4 is 21.1 Å². The maximum absolute atomic E-state index is 13.2. The summed E-state index contributed by atoms with van der Waals surface area (Å²) in [6.07, 6.45) is 17.5. The molecular weight excluding hydrogens is 761 g/mol. The van der Waals surface area contributed by atoms with Crippen molar-refractivity contribution < 1.29 is 24.5 Å². The summed E-state index contributed by atoms with van der Waals surface area (Å²) in [5.74, 6) is 2.97. The van der Waals surface area contributed by atoms with Gasteiger partial charge in [0.25, 0.3) is 0 Å². The van der Waals surface area contributed by atoms with E-state index in [4.69, 9.17) is 10.5 Å². The Kier molecular flexibility index (Phi) is 17.5. The third kappa shape index (κ3) is 13.6. The van der Waals surface area contributed by atoms with Crippen LogP contribution in [0.2, 0.25) is 0 Å². The van der Waals surface area contributed by atoms with Crippen molar-refractivity contribution >= 4 is 23.5 Å². The van der Waals surface area contributed by atoms with E-state index in [-0.39, 0.29) is 30.3 Å². The molecule has 9 nitrogen and oxygen atoms in total. The Balaban J connectivity index is 1.06. The van der Waals surface area contributed by atoms with E-state index >= 15 is 0 Å². The predicted molar refractivity (Wildman–Crippen MR) is 246 cm³/mol. The lowest BCUT2D eigenvalue weighted by Crippen LogP contribution is -2.50. The number of aromatic nitrogens is 1. The molecule has 0 spiro atoms. The number of aromatic hydroxyl groups is 1. The lowest BCUT2D eigenvalue weighted by Gasteiger charge is -2.47. The van der Waals surface area contributed by atoms with Crippen LogP contribution in [0, 0.1) is 23.7 Å². The van der Waals surface area contributed by atoms with E-state index in [1.165, 1.54) is 49.1 Å². The summed E-state index contributed by atoms with van der Waals surface area (Å²) in [6.45, 7) is 2.39. The van der Waals surface area contributed by atoms with Crippen molar-refractivity contribution in [2.45, 2.75) is 102 Å². The van der Waals surface area contributed by atoms with Gasteiger partial charge in [0.2, 0.25) is 0 Å². The summed E-state index contributed by atoms with van der Waals surface area (Å²) in [5, 5.41) is 27.7. The Hall–Kier alpha value is -4.83. The molecule has 1 saturated carbocycles. The molecule has 1 aliphatic carbocycles. The van der Waals surface area contributed by atoms with Crippen molar-refractivity contribution in [3.05, 3.63) is 124 Å². The number of nitrogens with zero attached hydrogens (tertiary/aromatic N) is 1. The fraction of sp³-hybridized carbons (Fsp3) is 0.481. The molecule has 326 valence electrons. The van der Waals surface area contributed by atoms with E-state index in [0.717, 1.165) is 105 Å². The standard InChI is InChI=1S/C52H68N4O5/c1-54-49-23-21-42-34-55-25-24-47(42)48(49)28-37(14-8-26-57)13-7-15-45(58)33-46(59)22-20-40-31-51(61-2)50(60)30-43(40)29-44-35-56-52(53)32-41(44)19-18-39-12-6-11-38(27-39)17-16-36-9-4-3-5-10-36/h3-6,9-12,20,22,27,30-32,35,37,42,47-49,54-55,57,60H,7-8,13-19,21,23-26,28-29,33-34H2,1-2H3,(H2,53,56). The van der Waals surface area contributed by atoms with Crippen molar-refractivity contribution in [1.82, 2.24) is 15.6 Å². The second kappa shape index (κ2) is 23.4. The molecule has 1 saturated heterocycles. The van der Waals surface area contributed by atoms with Gasteiger partial charge in [-0.05, 0) is 184 Å². The second-order valence-corrected chi connectivity index (χ2v) is 17.5. The number of benzene rings is 3. The van der Waals surface area contributed by atoms with E-state index < -0.39 is 0 Å². The predicted octanol–water partition coefficient (Wildman–Crippen LogP) is 8.25. The number of aliphatic hydroxyl groups is 1. The van der Waals surface area contributed by atoms with Crippen molar-refractivity contribution in [2.75, 3.05) is 39.6 Å². The van der Waals surface area contributed by atoms with Crippen LogP contribution >= 0.6 is 0 Å². The third-order valence-corrected chi connectivity index (χ3v) is 13.4. The number of ketones is 2. The first kappa shape index (κ1) is 45.7. The molecule has 6 rings (SSSR count). The van der Waals surface area contributed by atoms with E-state index in [9.17, 15) is 19.8 Å². The lowest BCUT2D eigenvalue weighted by atomic mass is 9.64. The summed E-state index contributed by atoms with van der Waals surface area (Å²) in [5.41, 5.74) is 13.7. The van der Waals surface area contributed by atoms with Gasteiger partial charge in [-0.3, -0.25) is 9.59 Å². The molecule has 3 aromatic carbocycles. The molecule has 1 aromatic heterocycles. The number of aliphatic hydroxyl groups excluding tert-OH is 1. The van der Waals surface area contributed by atoms with Crippen LogP contribution in [0.15, 0.2) is 85.1 Å². The largest absolute Gasteiger partial charge is 0.504 e. The average Bonchev–Trinajstić information content (AvgIpc) is 3.27. The molecular formula is C52H68N4O5. The number of Topliss-reactive ketones (excluding diaryl/α,β-unsaturated/α-hetero) is 1. The number of ether oxygens (including phenoxy) is 1. The maximum Gasteiger partial charge on any atom is 0.163 e. The Morgan fingerprint density at radius 1 is 0.918 bits per heavy atom. The van der Waals surface area contributed by atoms with Crippen LogP contribution in [-0.2, 0) is 41.7 Å². The number of nitrogens with one attached hydrogen (secondary N) is 2. The van der Waals surface area contributed by atoms with Crippen molar-refractivity contribution in [2.24, 2.45) is 23.7 Å². The molecule has 9 heteroatoms. The first-order valence-electron chi connectivity index (χ1n) is 22.7. The number of phenols is 1. The van der Waals surface area contributed by atoms with E-state index in [2.05, 4.69) is 71.2 Å². The quantitative estimate of drug-likeness (QED) is 0.0369. The van der Waals surface area contributed by atoms with Gasteiger partial charge in [0.05, 0.1) is 13.5 Å². The SMILES string of the molecule is CNC1CCC2CNCCC2C1CC(CCCO)CCCC(=O)CC(=O)C=Cc1cc(OC)c(O)cc1Cc1cnc(N)cc1CCc1cccc(CCc2ccccc2)c1. The number of fused-ring (bicyclic) bond motifs is 1. The number of piperidine rings is 1. The number of rotatable bonds is 23. The third-order valence-electron chi connectivity index (χ3n) is 13.4. The van der Waals surface area contributed by atoms with Crippen LogP contribution in [0.4, 0.5) is 5.82 Å². The maximum atomic E-state index is 13.2. The van der Waals surface area contributed by atoms with Gasteiger partial charge in [-0.25, -0.2) is 4.98 Å². The Morgan fingerprint density at radius 2 is 1.67 bits per heavy atom. The molecule has 5 unspecified atom stereocenters. The van der Waals surface area contributed by atoms with Gasteiger partial charge in [-0.2, -0.15) is 0 Å². The minimum atomic E-state index is -0.253. The van der Waals surface area contributed by atoms with E-state index in [1.54, 1.807) is 24.4 Å².